The van der Waals surface area contributed by atoms with Gasteiger partial charge in [-0.15, -0.1) is 0 Å². The van der Waals surface area contributed by atoms with Crippen LogP contribution in [0.1, 0.15) is 23.1 Å². The van der Waals surface area contributed by atoms with E-state index in [4.69, 9.17) is 4.74 Å². The minimum absolute atomic E-state index is 0.0358. The molecule has 0 spiro atoms. The van der Waals surface area contributed by atoms with E-state index in [1.165, 1.54) is 5.12 Å². The fourth-order valence-electron chi connectivity index (χ4n) is 4.71. The zero-order valence-corrected chi connectivity index (χ0v) is 20.5. The maximum atomic E-state index is 13.5. The Kier molecular flexibility index (Phi) is 6.67. The zero-order chi connectivity index (χ0) is 24.4. The van der Waals surface area contributed by atoms with Gasteiger partial charge in [0.05, 0.1) is 12.7 Å². The molecule has 10 nitrogen and oxygen atoms in total. The third-order valence-electron chi connectivity index (χ3n) is 6.38. The fourth-order valence-corrected chi connectivity index (χ4v) is 4.71. The highest BCUT2D eigenvalue weighted by Crippen LogP contribution is 2.36. The molecule has 0 bridgehead atoms. The van der Waals surface area contributed by atoms with Crippen LogP contribution in [0, 0.1) is 18.8 Å². The van der Waals surface area contributed by atoms with Crippen molar-refractivity contribution in [3.63, 3.8) is 0 Å². The van der Waals surface area contributed by atoms with E-state index >= 15 is 0 Å². The molecule has 0 aliphatic carbocycles. The lowest BCUT2D eigenvalue weighted by Gasteiger charge is -2.25. The highest BCUT2D eigenvalue weighted by molar-refractivity contribution is 6.00. The van der Waals surface area contributed by atoms with Gasteiger partial charge >= 0.3 is 0 Å². The topological polar surface area (TPSA) is 89.8 Å². The van der Waals surface area contributed by atoms with Crippen molar-refractivity contribution in [3.05, 3.63) is 35.7 Å². The maximum Gasteiger partial charge on any atom is 0.256 e. The average Bonchev–Trinajstić information content (AvgIpc) is 3.41. The number of aryl methyl sites for hydroxylation is 1. The molecule has 34 heavy (non-hydrogen) atoms. The Labute approximate surface area is 200 Å². The third kappa shape index (κ3) is 4.52. The van der Waals surface area contributed by atoms with Crippen LogP contribution in [0.4, 0.5) is 17.3 Å². The van der Waals surface area contributed by atoms with Gasteiger partial charge in [-0.05, 0) is 26.0 Å². The molecule has 0 N–H and O–H groups in total. The van der Waals surface area contributed by atoms with E-state index in [0.717, 1.165) is 30.5 Å². The summed E-state index contributed by atoms with van der Waals surface area (Å²) in [6, 6.07) is 7.35. The van der Waals surface area contributed by atoms with E-state index in [2.05, 4.69) is 31.8 Å². The quantitative estimate of drug-likeness (QED) is 0.459. The predicted octanol–water partition coefficient (Wildman–Crippen LogP) is 2.50. The zero-order valence-electron chi connectivity index (χ0n) is 20.5. The van der Waals surface area contributed by atoms with E-state index in [0.29, 0.717) is 41.9 Å². The van der Waals surface area contributed by atoms with E-state index in [1.54, 1.807) is 38.4 Å². The van der Waals surface area contributed by atoms with Crippen molar-refractivity contribution in [1.29, 1.82) is 0 Å². The highest BCUT2D eigenvalue weighted by Gasteiger charge is 2.42. The smallest absolute Gasteiger partial charge is 0.256 e. The molecule has 2 saturated heterocycles. The number of likely N-dealkylation sites (tertiary alicyclic amines) is 1. The lowest BCUT2D eigenvalue weighted by atomic mass is 10.0. The van der Waals surface area contributed by atoms with Gasteiger partial charge in [-0.25, -0.2) is 9.97 Å². The molecular weight excluding hydrogens is 432 g/mol. The van der Waals surface area contributed by atoms with Crippen LogP contribution in [0.5, 0.6) is 5.75 Å². The molecule has 10 heteroatoms. The number of carbonyl (C=O) groups is 1. The van der Waals surface area contributed by atoms with Crippen LogP contribution < -0.4 is 19.7 Å². The van der Waals surface area contributed by atoms with Crippen LogP contribution in [0.15, 0.2) is 34.5 Å². The molecule has 0 saturated carbocycles. The lowest BCUT2D eigenvalue weighted by Crippen LogP contribution is -2.34. The van der Waals surface area contributed by atoms with Crippen molar-refractivity contribution >= 4 is 36.2 Å². The number of rotatable bonds is 7. The van der Waals surface area contributed by atoms with Crippen LogP contribution in [0.25, 0.3) is 0 Å². The van der Waals surface area contributed by atoms with Crippen molar-refractivity contribution in [1.82, 2.24) is 14.9 Å². The lowest BCUT2D eigenvalue weighted by molar-refractivity contribution is 0.0783. The van der Waals surface area contributed by atoms with Gasteiger partial charge in [0.25, 0.3) is 5.91 Å². The summed E-state index contributed by atoms with van der Waals surface area (Å²) in [4.78, 5) is 29.0. The van der Waals surface area contributed by atoms with Gasteiger partial charge in [0.1, 0.15) is 28.9 Å². The highest BCUT2D eigenvalue weighted by atomic mass is 16.5. The summed E-state index contributed by atoms with van der Waals surface area (Å²) in [5.41, 5.74) is 1.07. The molecule has 4 rings (SSSR count). The van der Waals surface area contributed by atoms with Gasteiger partial charge in [-0.2, -0.15) is 15.3 Å². The van der Waals surface area contributed by atoms with E-state index in [9.17, 15) is 4.79 Å². The molecule has 1 aromatic carbocycles. The van der Waals surface area contributed by atoms with Gasteiger partial charge in [0.2, 0.25) is 0 Å². The van der Waals surface area contributed by atoms with Crippen molar-refractivity contribution in [3.8, 4) is 5.75 Å². The summed E-state index contributed by atoms with van der Waals surface area (Å²) in [5, 5.41) is 9.53. The van der Waals surface area contributed by atoms with Crippen molar-refractivity contribution in [2.24, 2.45) is 22.0 Å². The molecule has 2 unspecified atom stereocenters. The average molecular weight is 465 g/mol. The Hall–Kier alpha value is -3.69. The number of aromatic nitrogens is 2. The third-order valence-corrected chi connectivity index (χ3v) is 6.38. The molecule has 0 radical (unpaired) electrons. The number of anilines is 3. The minimum atomic E-state index is -0.0358. The molecule has 2 atom stereocenters. The van der Waals surface area contributed by atoms with Gasteiger partial charge in [0.15, 0.2) is 0 Å². The molecule has 1 aromatic heterocycles. The number of hydrogen-bond donors (Lipinski definition) is 0. The Balaban J connectivity index is 1.51. The van der Waals surface area contributed by atoms with Crippen molar-refractivity contribution in [2.45, 2.75) is 13.8 Å². The summed E-state index contributed by atoms with van der Waals surface area (Å²) >= 11 is 0. The number of fused-ring (bicyclic) bond motifs is 1. The van der Waals surface area contributed by atoms with Crippen molar-refractivity contribution < 1.29 is 9.53 Å². The first kappa shape index (κ1) is 23.5. The number of hydrazone groups is 2. The molecule has 2 aliphatic heterocycles. The molecule has 2 aromatic rings. The second-order valence-corrected chi connectivity index (χ2v) is 8.85. The number of nitrogens with zero attached hydrogens (tertiary/aromatic N) is 8. The first-order valence-electron chi connectivity index (χ1n) is 11.3. The van der Waals surface area contributed by atoms with Gasteiger partial charge in [-0.3, -0.25) is 4.79 Å². The molecule has 1 amide bonds. The molecular formula is C24H32N8O2. The first-order chi connectivity index (χ1) is 16.3. The molecule has 3 heterocycles. The minimum Gasteiger partial charge on any atom is -0.497 e. The number of amides is 1. The van der Waals surface area contributed by atoms with Gasteiger partial charge < -0.3 is 19.4 Å². The first-order valence-corrected chi connectivity index (χ1v) is 11.3. The normalized spacial score (nSPS) is 19.4. The second kappa shape index (κ2) is 9.66. The van der Waals surface area contributed by atoms with Gasteiger partial charge in [-0.1, -0.05) is 0 Å². The summed E-state index contributed by atoms with van der Waals surface area (Å²) in [6.07, 6.45) is 1.60. The number of benzene rings is 1. The standard InChI is InChI=1S/C24H32N8O2/c1-7-26-32(25-3)21-10-19(34-6)8-9-20(21)24(33)31-14-17-12-30(13-18(17)15-31)23-11-22(29(4)5)27-16(2)28-23/h7-11,17-18H,3,12-15H2,1-2,4-6H3/b26-7-. The largest absolute Gasteiger partial charge is 0.497 e. The Bertz CT molecular complexity index is 1090. The summed E-state index contributed by atoms with van der Waals surface area (Å²) < 4.78 is 5.35. The Morgan fingerprint density at radius 2 is 1.88 bits per heavy atom. The molecule has 2 aliphatic rings. The number of carbonyl (C=O) groups excluding carboxylic acids is 1. The van der Waals surface area contributed by atoms with Crippen LogP contribution in [-0.4, -0.2) is 81.1 Å². The Morgan fingerprint density at radius 3 is 2.47 bits per heavy atom. The summed E-state index contributed by atoms with van der Waals surface area (Å²) in [5.74, 6) is 3.99. The Morgan fingerprint density at radius 1 is 1.18 bits per heavy atom. The summed E-state index contributed by atoms with van der Waals surface area (Å²) in [7, 11) is 5.55. The van der Waals surface area contributed by atoms with Crippen LogP contribution in [-0.2, 0) is 0 Å². The van der Waals surface area contributed by atoms with E-state index in [-0.39, 0.29) is 5.91 Å². The number of methoxy groups -OCH3 is 1. The van der Waals surface area contributed by atoms with Gasteiger partial charge in [0, 0.05) is 77.2 Å². The SMILES string of the molecule is C=NN(/N=C\C)c1cc(OC)ccc1C(=O)N1CC2CN(c3cc(N(C)C)nc(C)n3)CC2C1. The van der Waals surface area contributed by atoms with Crippen molar-refractivity contribution in [2.75, 3.05) is 62.3 Å². The number of hydrogen-bond acceptors (Lipinski definition) is 9. The predicted molar refractivity (Wildman–Crippen MR) is 135 cm³/mol. The van der Waals surface area contributed by atoms with Crippen LogP contribution >= 0.6 is 0 Å². The number of ether oxygens (including phenoxy) is 1. The second-order valence-electron chi connectivity index (χ2n) is 8.85. The monoisotopic (exact) mass is 464 g/mol. The van der Waals surface area contributed by atoms with E-state index in [1.807, 2.05) is 36.9 Å². The van der Waals surface area contributed by atoms with Crippen LogP contribution in [0.2, 0.25) is 0 Å². The summed E-state index contributed by atoms with van der Waals surface area (Å²) in [6.45, 7) is 10.4. The molecule has 2 fully saturated rings. The molecule has 180 valence electrons. The van der Waals surface area contributed by atoms with E-state index < -0.39 is 0 Å². The fraction of sp³-hybridized carbons (Fsp3) is 0.458. The van der Waals surface area contributed by atoms with Crippen LogP contribution in [0.3, 0.4) is 0 Å². The maximum absolute atomic E-state index is 13.5.